The Kier molecular flexibility index (Phi) is 10.2. The summed E-state index contributed by atoms with van der Waals surface area (Å²) in [6, 6.07) is 24.0. The van der Waals surface area contributed by atoms with E-state index in [2.05, 4.69) is 23.1 Å². The third-order valence-corrected chi connectivity index (χ3v) is 9.28. The van der Waals surface area contributed by atoms with Crippen molar-refractivity contribution >= 4 is 17.9 Å². The van der Waals surface area contributed by atoms with Crippen molar-refractivity contribution in [2.75, 3.05) is 64.5 Å². The highest BCUT2D eigenvalue weighted by Crippen LogP contribution is 2.35. The van der Waals surface area contributed by atoms with Gasteiger partial charge in [-0.1, -0.05) is 48.5 Å². The monoisotopic (exact) mass is 629 g/mol. The molecular formula is C36H43N3O7. The summed E-state index contributed by atoms with van der Waals surface area (Å²) >= 11 is 0. The molecule has 3 aromatic carbocycles. The second kappa shape index (κ2) is 14.9. The molecule has 0 bridgehead atoms. The number of carboxylic acid groups (broad SMARTS) is 1. The van der Waals surface area contributed by atoms with E-state index in [1.54, 1.807) is 12.0 Å². The number of fused-ring (bicyclic) bond motifs is 1. The van der Waals surface area contributed by atoms with Gasteiger partial charge in [-0.05, 0) is 60.2 Å². The highest BCUT2D eigenvalue weighted by molar-refractivity contribution is 5.71. The van der Waals surface area contributed by atoms with E-state index in [4.69, 9.17) is 18.9 Å². The van der Waals surface area contributed by atoms with Gasteiger partial charge in [0.2, 0.25) is 0 Å². The molecule has 244 valence electrons. The first-order chi connectivity index (χ1) is 22.5. The van der Waals surface area contributed by atoms with Crippen LogP contribution in [0.3, 0.4) is 0 Å². The Balaban J connectivity index is 1.09. The summed E-state index contributed by atoms with van der Waals surface area (Å²) in [5.74, 6) is 1.67. The van der Waals surface area contributed by atoms with E-state index in [-0.39, 0.29) is 24.7 Å². The van der Waals surface area contributed by atoms with Crippen LogP contribution in [0.2, 0.25) is 0 Å². The van der Waals surface area contributed by atoms with Crippen molar-refractivity contribution in [3.8, 4) is 11.5 Å². The van der Waals surface area contributed by atoms with Gasteiger partial charge in [-0.15, -0.1) is 0 Å². The number of piperidine rings is 1. The van der Waals surface area contributed by atoms with Gasteiger partial charge in [0.15, 0.2) is 0 Å². The van der Waals surface area contributed by atoms with Gasteiger partial charge >= 0.3 is 12.2 Å². The van der Waals surface area contributed by atoms with Crippen molar-refractivity contribution in [3.05, 3.63) is 89.5 Å². The molecule has 6 rings (SSSR count). The summed E-state index contributed by atoms with van der Waals surface area (Å²) in [5.41, 5.74) is 4.33. The Bertz CT molecular complexity index is 1470. The minimum atomic E-state index is -0.941. The summed E-state index contributed by atoms with van der Waals surface area (Å²) in [7, 11) is 1.71. The van der Waals surface area contributed by atoms with Crippen molar-refractivity contribution in [1.29, 1.82) is 0 Å². The van der Waals surface area contributed by atoms with Crippen LogP contribution in [-0.4, -0.2) is 92.8 Å². The zero-order valence-corrected chi connectivity index (χ0v) is 26.4. The van der Waals surface area contributed by atoms with Crippen LogP contribution in [0.1, 0.15) is 47.8 Å². The van der Waals surface area contributed by atoms with Gasteiger partial charge in [0.1, 0.15) is 18.1 Å². The molecule has 3 heterocycles. The molecule has 46 heavy (non-hydrogen) atoms. The molecule has 3 unspecified atom stereocenters. The van der Waals surface area contributed by atoms with Crippen LogP contribution in [-0.2, 0) is 16.1 Å². The number of carbonyl (C=O) groups excluding carboxylic acids is 1. The van der Waals surface area contributed by atoms with E-state index in [9.17, 15) is 14.7 Å². The van der Waals surface area contributed by atoms with E-state index in [0.717, 1.165) is 48.5 Å². The van der Waals surface area contributed by atoms with Crippen LogP contribution < -0.4 is 14.4 Å². The third-order valence-electron chi connectivity index (χ3n) is 9.28. The minimum absolute atomic E-state index is 0.00272. The van der Waals surface area contributed by atoms with Crippen molar-refractivity contribution in [1.82, 2.24) is 9.80 Å². The Labute approximate surface area is 270 Å². The maximum absolute atomic E-state index is 12.9. The van der Waals surface area contributed by atoms with Gasteiger partial charge in [0.25, 0.3) is 0 Å². The summed E-state index contributed by atoms with van der Waals surface area (Å²) in [4.78, 5) is 30.3. The molecule has 10 heteroatoms. The van der Waals surface area contributed by atoms with Crippen LogP contribution in [0.5, 0.6) is 11.5 Å². The zero-order chi connectivity index (χ0) is 31.9. The summed E-state index contributed by atoms with van der Waals surface area (Å²) in [6.07, 6.45) is 0.869. The van der Waals surface area contributed by atoms with Crippen LogP contribution in [0.15, 0.2) is 72.8 Å². The second-order valence-electron chi connectivity index (χ2n) is 12.2. The van der Waals surface area contributed by atoms with E-state index in [1.807, 2.05) is 54.6 Å². The Hall–Kier alpha value is -4.28. The second-order valence-corrected chi connectivity index (χ2v) is 12.2. The normalized spacial score (nSPS) is 21.1. The highest BCUT2D eigenvalue weighted by atomic mass is 16.6. The predicted octanol–water partition coefficient (Wildman–Crippen LogP) is 5.96. The first-order valence-corrected chi connectivity index (χ1v) is 16.2. The SMILES string of the molecule is COCCCN1CCOc2ccc(COC3CN(C(=O)O)CCC3c3ccc(OC(=O)N4CCC(c5ccccc5)C4)cc3)cc21. The number of hydrogen-bond donors (Lipinski definition) is 1. The molecule has 1 N–H and O–H groups in total. The molecule has 2 fully saturated rings. The lowest BCUT2D eigenvalue weighted by Crippen LogP contribution is -2.46. The molecule has 3 aromatic rings. The Morgan fingerprint density at radius 3 is 2.50 bits per heavy atom. The van der Waals surface area contributed by atoms with E-state index >= 15 is 0 Å². The third kappa shape index (κ3) is 7.57. The fourth-order valence-corrected chi connectivity index (χ4v) is 6.76. The zero-order valence-electron chi connectivity index (χ0n) is 26.4. The minimum Gasteiger partial charge on any atom is -0.490 e. The maximum Gasteiger partial charge on any atom is 0.415 e. The largest absolute Gasteiger partial charge is 0.490 e. The smallest absolute Gasteiger partial charge is 0.415 e. The number of methoxy groups -OCH3 is 1. The number of nitrogens with zero attached hydrogens (tertiary/aromatic N) is 3. The van der Waals surface area contributed by atoms with Crippen molar-refractivity contribution < 1.29 is 33.6 Å². The maximum atomic E-state index is 12.9. The molecule has 0 radical (unpaired) electrons. The molecule has 2 amide bonds. The summed E-state index contributed by atoms with van der Waals surface area (Å²) in [5, 5.41) is 9.73. The lowest BCUT2D eigenvalue weighted by Gasteiger charge is -2.37. The molecule has 3 aliphatic rings. The molecule has 3 atom stereocenters. The Morgan fingerprint density at radius 1 is 0.913 bits per heavy atom. The first kappa shape index (κ1) is 31.7. The molecule has 10 nitrogen and oxygen atoms in total. The van der Waals surface area contributed by atoms with Crippen LogP contribution in [0.25, 0.3) is 0 Å². The number of amides is 2. The molecular weight excluding hydrogens is 586 g/mol. The lowest BCUT2D eigenvalue weighted by atomic mass is 9.87. The van der Waals surface area contributed by atoms with Gasteiger partial charge in [-0.3, -0.25) is 0 Å². The quantitative estimate of drug-likeness (QED) is 0.274. The number of anilines is 1. The van der Waals surface area contributed by atoms with Gasteiger partial charge in [-0.2, -0.15) is 0 Å². The first-order valence-electron chi connectivity index (χ1n) is 16.2. The van der Waals surface area contributed by atoms with E-state index < -0.39 is 6.09 Å². The Morgan fingerprint density at radius 2 is 1.72 bits per heavy atom. The van der Waals surface area contributed by atoms with Crippen molar-refractivity contribution in [3.63, 3.8) is 0 Å². The van der Waals surface area contributed by atoms with Crippen LogP contribution >= 0.6 is 0 Å². The number of ether oxygens (including phenoxy) is 4. The van der Waals surface area contributed by atoms with Crippen molar-refractivity contribution in [2.24, 2.45) is 0 Å². The highest BCUT2D eigenvalue weighted by Gasteiger charge is 2.34. The number of likely N-dealkylation sites (tertiary alicyclic amines) is 2. The average molecular weight is 630 g/mol. The lowest BCUT2D eigenvalue weighted by molar-refractivity contribution is -0.0199. The number of rotatable bonds is 10. The van der Waals surface area contributed by atoms with Gasteiger partial charge in [-0.25, -0.2) is 9.59 Å². The fraction of sp³-hybridized carbons (Fsp3) is 0.444. The van der Waals surface area contributed by atoms with Crippen molar-refractivity contribution in [2.45, 2.75) is 43.8 Å². The average Bonchev–Trinajstić information content (AvgIpc) is 3.59. The molecule has 0 saturated carbocycles. The van der Waals surface area contributed by atoms with Gasteiger partial charge < -0.3 is 38.8 Å². The predicted molar refractivity (Wildman–Crippen MR) is 174 cm³/mol. The van der Waals surface area contributed by atoms with E-state index in [1.165, 1.54) is 10.5 Å². The molecule has 3 aliphatic heterocycles. The number of benzene rings is 3. The van der Waals surface area contributed by atoms with Gasteiger partial charge in [0.05, 0.1) is 31.5 Å². The van der Waals surface area contributed by atoms with Crippen LogP contribution in [0.4, 0.5) is 15.3 Å². The van der Waals surface area contributed by atoms with Crippen LogP contribution in [0, 0.1) is 0 Å². The molecule has 2 saturated heterocycles. The topological polar surface area (TPSA) is 101 Å². The molecule has 0 aliphatic carbocycles. The fourth-order valence-electron chi connectivity index (χ4n) is 6.76. The van der Waals surface area contributed by atoms with E-state index in [0.29, 0.717) is 57.5 Å². The standard InChI is InChI=1S/C36H43N3O7/c1-43-20-5-16-37-19-21-44-33-13-8-26(22-32(33)37)25-45-34-24-38(35(40)41)18-15-31(34)28-9-11-30(12-10-28)46-36(42)39-17-14-29(23-39)27-6-3-2-4-7-27/h2-4,6-13,22,29,31,34H,5,14-21,23-25H2,1H3,(H,40,41). The molecule has 0 spiro atoms. The summed E-state index contributed by atoms with van der Waals surface area (Å²) < 4.78 is 23.3. The number of carbonyl (C=O) groups is 2. The summed E-state index contributed by atoms with van der Waals surface area (Å²) in [6.45, 7) is 5.42. The number of hydrogen-bond acceptors (Lipinski definition) is 7. The molecule has 0 aromatic heterocycles. The van der Waals surface area contributed by atoms with Gasteiger partial charge in [0, 0.05) is 51.7 Å².